The van der Waals surface area contributed by atoms with E-state index in [4.69, 9.17) is 0 Å². The molecule has 0 bridgehead atoms. The Kier molecular flexibility index (Phi) is 10.8. The molecule has 0 aromatic rings. The van der Waals surface area contributed by atoms with E-state index in [0.717, 1.165) is 0 Å². The van der Waals surface area contributed by atoms with Crippen molar-refractivity contribution in [3.8, 4) is 0 Å². The number of hydrogen-bond donors (Lipinski definition) is 1. The Morgan fingerprint density at radius 3 is 1.39 bits per heavy atom. The van der Waals surface area contributed by atoms with E-state index in [1.54, 1.807) is 0 Å². The van der Waals surface area contributed by atoms with Gasteiger partial charge in [-0.15, -0.1) is 0 Å². The van der Waals surface area contributed by atoms with Crippen molar-refractivity contribution in [3.63, 3.8) is 0 Å². The number of carbonyl (C=O) groups is 1. The molecule has 0 aliphatic carbocycles. The largest absolute Gasteiger partial charge is 0.550 e. The highest BCUT2D eigenvalue weighted by Crippen LogP contribution is 2.64. The molecule has 0 aromatic carbocycles. The van der Waals surface area contributed by atoms with Crippen LogP contribution in [0, 0.1) is 0 Å². The summed E-state index contributed by atoms with van der Waals surface area (Å²) in [5, 5.41) is 10.4. The van der Waals surface area contributed by atoms with Crippen LogP contribution in [0.15, 0.2) is 0 Å². The molecule has 0 unspecified atom stereocenters. The normalized spacial score (nSPS) is 15.8. The Bertz CT molecular complexity index is 1040. The van der Waals surface area contributed by atoms with E-state index in [2.05, 4.69) is 0 Å². The van der Waals surface area contributed by atoms with Gasteiger partial charge in [0.2, 0.25) is 10.0 Å². The molecule has 0 fully saturated rings. The summed E-state index contributed by atoms with van der Waals surface area (Å²) in [5.41, 5.74) is 0. The number of likely N-dealkylation sites (N-methyl/N-ethyl adjacent to an activating group) is 1. The van der Waals surface area contributed by atoms with Gasteiger partial charge in [0, 0.05) is 18.8 Å². The molecular formula is C17H19F17N2O4S. The molecule has 6 nitrogen and oxygen atoms in total. The Labute approximate surface area is 219 Å². The summed E-state index contributed by atoms with van der Waals surface area (Å²) in [5.74, 6) is -61.6. The molecule has 0 saturated heterocycles. The van der Waals surface area contributed by atoms with Crippen LogP contribution in [-0.2, 0) is 14.8 Å². The molecular weight excluding hydrogens is 651 g/mol. The molecule has 0 aliphatic heterocycles. The number of quaternary nitrogens is 1. The van der Waals surface area contributed by atoms with Crippen LogP contribution in [0.3, 0.4) is 0 Å². The number of alkyl halides is 17. The number of rotatable bonds is 16. The predicted molar refractivity (Wildman–Crippen MR) is 98.6 cm³/mol. The molecule has 24 heteroatoms. The fraction of sp³-hybridized carbons (Fsp3) is 0.941. The summed E-state index contributed by atoms with van der Waals surface area (Å²) in [6.45, 7) is -1.31. The van der Waals surface area contributed by atoms with Crippen LogP contribution in [0.2, 0.25) is 0 Å². The average Bonchev–Trinajstić information content (AvgIpc) is 2.74. The summed E-state index contributed by atoms with van der Waals surface area (Å²) in [6, 6.07) is 0. The number of hydrogen-bond acceptors (Lipinski definition) is 4. The van der Waals surface area contributed by atoms with Gasteiger partial charge in [-0.3, -0.25) is 0 Å². The smallest absolute Gasteiger partial charge is 0.460 e. The first-order valence-corrected chi connectivity index (χ1v) is 11.9. The van der Waals surface area contributed by atoms with E-state index >= 15 is 0 Å². The number of aliphatic carboxylic acids is 1. The molecule has 0 radical (unpaired) electrons. The minimum Gasteiger partial charge on any atom is -0.550 e. The van der Waals surface area contributed by atoms with Crippen molar-refractivity contribution in [1.82, 2.24) is 4.72 Å². The van der Waals surface area contributed by atoms with E-state index in [9.17, 15) is 93.0 Å². The maximum Gasteiger partial charge on any atom is 0.460 e. The molecule has 1 N–H and O–H groups in total. The standard InChI is InChI=1S/C17H19F17N2O4S/c1-36(2,6-3-9(37)38)7-5-35-41(39,40)8-4-10(18,19)11(20,21)12(22,23)13(24,25)14(26,27)15(28,29)16(30,31)17(32,33)34/h35H,3-8H2,1-2H3. The van der Waals surface area contributed by atoms with Crippen LogP contribution in [0.5, 0.6) is 0 Å². The van der Waals surface area contributed by atoms with Gasteiger partial charge >= 0.3 is 47.6 Å². The van der Waals surface area contributed by atoms with Crippen LogP contribution in [0.4, 0.5) is 74.6 Å². The molecule has 0 aromatic heterocycles. The molecule has 0 atom stereocenters. The van der Waals surface area contributed by atoms with E-state index < -0.39 is 88.8 Å². The highest BCUT2D eigenvalue weighted by atomic mass is 32.2. The Morgan fingerprint density at radius 1 is 0.659 bits per heavy atom. The first-order chi connectivity index (χ1) is 17.6. The summed E-state index contributed by atoms with van der Waals surface area (Å²) < 4.78 is 250. The number of carboxylic acid groups (broad SMARTS) is 1. The van der Waals surface area contributed by atoms with Gasteiger partial charge < -0.3 is 14.4 Å². The van der Waals surface area contributed by atoms with Crippen molar-refractivity contribution in [3.05, 3.63) is 0 Å². The third kappa shape index (κ3) is 7.39. The molecule has 246 valence electrons. The van der Waals surface area contributed by atoms with Crippen molar-refractivity contribution >= 4 is 16.0 Å². The second-order valence-corrected chi connectivity index (χ2v) is 11.0. The fourth-order valence-electron chi connectivity index (χ4n) is 2.70. The number of sulfonamides is 1. The van der Waals surface area contributed by atoms with Crippen LogP contribution < -0.4 is 9.83 Å². The van der Waals surface area contributed by atoms with Crippen LogP contribution in [0.1, 0.15) is 12.8 Å². The zero-order chi connectivity index (χ0) is 33.5. The lowest BCUT2D eigenvalue weighted by atomic mass is 9.88. The average molecular weight is 670 g/mol. The number of halogens is 17. The van der Waals surface area contributed by atoms with Gasteiger partial charge in [0.15, 0.2) is 0 Å². The third-order valence-electron chi connectivity index (χ3n) is 5.43. The molecule has 0 rings (SSSR count). The number of carboxylic acids is 1. The van der Waals surface area contributed by atoms with Gasteiger partial charge in [-0.1, -0.05) is 0 Å². The summed E-state index contributed by atoms with van der Waals surface area (Å²) in [7, 11) is -2.62. The zero-order valence-electron chi connectivity index (χ0n) is 20.2. The molecule has 41 heavy (non-hydrogen) atoms. The van der Waals surface area contributed by atoms with Crippen molar-refractivity contribution in [1.29, 1.82) is 0 Å². The Balaban J connectivity index is 6.02. The predicted octanol–water partition coefficient (Wildman–Crippen LogP) is 3.52. The number of nitrogens with zero attached hydrogens (tertiary/aromatic N) is 1. The molecule has 0 heterocycles. The second kappa shape index (κ2) is 11.3. The Morgan fingerprint density at radius 2 is 1.02 bits per heavy atom. The van der Waals surface area contributed by atoms with Gasteiger partial charge in [-0.2, -0.15) is 74.6 Å². The summed E-state index contributed by atoms with van der Waals surface area (Å²) >= 11 is 0. The lowest BCUT2D eigenvalue weighted by Crippen LogP contribution is -2.74. The molecule has 0 amide bonds. The minimum absolute atomic E-state index is 0.198. The number of carbonyl (C=O) groups excluding carboxylic acids is 1. The highest BCUT2D eigenvalue weighted by Gasteiger charge is 2.95. The van der Waals surface area contributed by atoms with E-state index in [0.29, 0.717) is 0 Å². The molecule has 0 aliphatic rings. The zero-order valence-corrected chi connectivity index (χ0v) is 21.0. The van der Waals surface area contributed by atoms with Crippen LogP contribution in [0.25, 0.3) is 0 Å². The monoisotopic (exact) mass is 670 g/mol. The van der Waals surface area contributed by atoms with E-state index in [1.807, 2.05) is 0 Å². The Hall–Kier alpha value is -1.85. The summed E-state index contributed by atoms with van der Waals surface area (Å²) in [4.78, 5) is 10.4. The van der Waals surface area contributed by atoms with Gasteiger partial charge in [-0.05, 0) is 0 Å². The van der Waals surface area contributed by atoms with Crippen LogP contribution in [-0.4, -0.2) is 106 Å². The van der Waals surface area contributed by atoms with Crippen molar-refractivity contribution in [2.45, 2.75) is 60.5 Å². The van der Waals surface area contributed by atoms with Crippen molar-refractivity contribution in [2.24, 2.45) is 0 Å². The summed E-state index contributed by atoms with van der Waals surface area (Å²) in [6.07, 6.45) is -11.5. The van der Waals surface area contributed by atoms with Gasteiger partial charge in [-0.25, -0.2) is 13.1 Å². The van der Waals surface area contributed by atoms with E-state index in [-0.39, 0.29) is 17.6 Å². The molecule has 0 spiro atoms. The van der Waals surface area contributed by atoms with Gasteiger partial charge in [0.25, 0.3) is 0 Å². The second-order valence-electron chi connectivity index (χ2n) is 9.12. The van der Waals surface area contributed by atoms with Gasteiger partial charge in [0.05, 0.1) is 39.5 Å². The first kappa shape index (κ1) is 39.1. The van der Waals surface area contributed by atoms with Crippen LogP contribution >= 0.6 is 0 Å². The lowest BCUT2D eigenvalue weighted by molar-refractivity contribution is -0.888. The van der Waals surface area contributed by atoms with E-state index in [1.165, 1.54) is 18.8 Å². The number of nitrogens with one attached hydrogen (secondary N) is 1. The maximum absolute atomic E-state index is 13.9. The quantitative estimate of drug-likeness (QED) is 0.201. The topological polar surface area (TPSA) is 86.3 Å². The third-order valence-corrected chi connectivity index (χ3v) is 6.82. The highest BCUT2D eigenvalue weighted by molar-refractivity contribution is 7.89. The van der Waals surface area contributed by atoms with Gasteiger partial charge in [0.1, 0.15) is 0 Å². The SMILES string of the molecule is C[N+](C)(CCNS(=O)(=O)CCC(F)(F)C(F)(F)C(F)(F)C(F)(F)C(F)(F)C(F)(F)C(F)(F)C(F)(F)F)CCC(=O)[O-]. The first-order valence-electron chi connectivity index (χ1n) is 10.3. The lowest BCUT2D eigenvalue weighted by Gasteiger charge is -2.42. The minimum atomic E-state index is -8.77. The molecule has 0 saturated carbocycles. The maximum atomic E-state index is 13.9. The van der Waals surface area contributed by atoms with Crippen molar-refractivity contribution < 1.29 is 97.4 Å². The fourth-order valence-corrected chi connectivity index (χ4v) is 3.77. The van der Waals surface area contributed by atoms with Crippen molar-refractivity contribution in [2.75, 3.05) is 39.5 Å².